The molecule has 12 heavy (non-hydrogen) atoms. The number of aliphatic hydroxyl groups is 4. The van der Waals surface area contributed by atoms with E-state index in [9.17, 15) is 10.2 Å². The van der Waals surface area contributed by atoms with Gasteiger partial charge in [-0.25, -0.2) is 0 Å². The molecule has 0 unspecified atom stereocenters. The van der Waals surface area contributed by atoms with Gasteiger partial charge in [0.2, 0.25) is 0 Å². The van der Waals surface area contributed by atoms with Gasteiger partial charge in [0.1, 0.15) is 0 Å². The molecule has 1 fully saturated rings. The summed E-state index contributed by atoms with van der Waals surface area (Å²) in [4.78, 5) is 0. The fraction of sp³-hybridized carbons (Fsp3) is 1.00. The minimum atomic E-state index is -1.05. The molecule has 0 aromatic rings. The summed E-state index contributed by atoms with van der Waals surface area (Å²) in [6.45, 7) is -0.272. The van der Waals surface area contributed by atoms with Crippen molar-refractivity contribution in [3.8, 4) is 0 Å². The molecule has 1 aliphatic rings. The first-order valence-electron chi connectivity index (χ1n) is 3.98. The molecule has 0 aliphatic heterocycles. The van der Waals surface area contributed by atoms with Crippen LogP contribution in [0.15, 0.2) is 0 Å². The molecule has 0 radical (unpaired) electrons. The predicted molar refractivity (Wildman–Crippen MR) is 41.2 cm³/mol. The second kappa shape index (κ2) is 3.68. The van der Waals surface area contributed by atoms with E-state index in [1.807, 2.05) is 0 Å². The maximum Gasteiger partial charge on any atom is 0.0955 e. The summed E-state index contributed by atoms with van der Waals surface area (Å²) in [5.74, 6) is -0.539. The Bertz CT molecular complexity index is 154. The molecule has 0 saturated heterocycles. The lowest BCUT2D eigenvalue weighted by atomic mass is 9.79. The van der Waals surface area contributed by atoms with Gasteiger partial charge in [-0.1, -0.05) is 0 Å². The normalized spacial score (nSPS) is 49.2. The predicted octanol–water partition coefficient (Wildman–Crippen LogP) is -2.59. The molecule has 5 nitrogen and oxygen atoms in total. The number of hydrogen-bond donors (Lipinski definition) is 5. The second-order valence-electron chi connectivity index (χ2n) is 3.28. The maximum absolute atomic E-state index is 9.32. The van der Waals surface area contributed by atoms with Crippen molar-refractivity contribution in [1.29, 1.82) is 0 Å². The van der Waals surface area contributed by atoms with E-state index in [1.54, 1.807) is 0 Å². The molecule has 0 heterocycles. The van der Waals surface area contributed by atoms with Crippen molar-refractivity contribution in [3.63, 3.8) is 0 Å². The molecule has 6 N–H and O–H groups in total. The highest BCUT2D eigenvalue weighted by Crippen LogP contribution is 2.23. The zero-order valence-corrected chi connectivity index (χ0v) is 6.67. The Kier molecular flexibility index (Phi) is 3.03. The average molecular weight is 177 g/mol. The first-order valence-corrected chi connectivity index (χ1v) is 3.98. The standard InChI is InChI=1S/C7H15NO4/c8-6-3(2-9)4(10)1-5(11)7(6)12/h3-7,9-12H,1-2,8H2/t3-,4+,5-,6-,7-/m1/s1. The van der Waals surface area contributed by atoms with Crippen molar-refractivity contribution in [1.82, 2.24) is 0 Å². The summed E-state index contributed by atoms with van der Waals surface area (Å²) in [7, 11) is 0. The first kappa shape index (κ1) is 9.88. The number of rotatable bonds is 1. The highest BCUT2D eigenvalue weighted by atomic mass is 16.3. The zero-order chi connectivity index (χ0) is 9.30. The third-order valence-electron chi connectivity index (χ3n) is 2.47. The van der Waals surface area contributed by atoms with Crippen molar-refractivity contribution < 1.29 is 20.4 Å². The highest BCUT2D eigenvalue weighted by molar-refractivity contribution is 4.94. The SMILES string of the molecule is N[C@H]1[C@H](O)[C@H](O)C[C@H](O)[C@H]1CO. The number of aliphatic hydroxyl groups excluding tert-OH is 4. The third-order valence-corrected chi connectivity index (χ3v) is 2.47. The number of nitrogens with two attached hydrogens (primary N) is 1. The van der Waals surface area contributed by atoms with Gasteiger partial charge in [-0.15, -0.1) is 0 Å². The van der Waals surface area contributed by atoms with E-state index in [-0.39, 0.29) is 13.0 Å². The van der Waals surface area contributed by atoms with Gasteiger partial charge in [0.05, 0.1) is 18.3 Å². The van der Waals surface area contributed by atoms with E-state index in [0.717, 1.165) is 0 Å². The molecule has 0 aromatic heterocycles. The van der Waals surface area contributed by atoms with Crippen LogP contribution >= 0.6 is 0 Å². The van der Waals surface area contributed by atoms with Crippen LogP contribution in [0.2, 0.25) is 0 Å². The molecule has 1 aliphatic carbocycles. The summed E-state index contributed by atoms with van der Waals surface area (Å²) >= 11 is 0. The van der Waals surface area contributed by atoms with Crippen molar-refractivity contribution in [3.05, 3.63) is 0 Å². The lowest BCUT2D eigenvalue weighted by Gasteiger charge is -2.38. The maximum atomic E-state index is 9.32. The van der Waals surface area contributed by atoms with Crippen molar-refractivity contribution >= 4 is 0 Å². The van der Waals surface area contributed by atoms with Crippen LogP contribution in [0.25, 0.3) is 0 Å². The summed E-state index contributed by atoms with van der Waals surface area (Å²) in [6, 6.07) is -0.756. The van der Waals surface area contributed by atoms with E-state index in [4.69, 9.17) is 15.9 Å². The van der Waals surface area contributed by atoms with Crippen LogP contribution in [0, 0.1) is 5.92 Å². The van der Waals surface area contributed by atoms with E-state index in [1.165, 1.54) is 0 Å². The molecule has 0 amide bonds. The van der Waals surface area contributed by atoms with Crippen molar-refractivity contribution in [2.24, 2.45) is 11.7 Å². The quantitative estimate of drug-likeness (QED) is 0.302. The Morgan fingerprint density at radius 2 is 1.75 bits per heavy atom. The summed E-state index contributed by atoms with van der Waals surface area (Å²) in [5.41, 5.74) is 5.48. The van der Waals surface area contributed by atoms with E-state index in [2.05, 4.69) is 0 Å². The Balaban J connectivity index is 2.65. The van der Waals surface area contributed by atoms with E-state index in [0.29, 0.717) is 0 Å². The van der Waals surface area contributed by atoms with Crippen LogP contribution in [-0.2, 0) is 0 Å². The Labute approximate surface area is 70.4 Å². The molecule has 0 spiro atoms. The summed E-state index contributed by atoms with van der Waals surface area (Å²) < 4.78 is 0. The Hall–Kier alpha value is -0.200. The van der Waals surface area contributed by atoms with Crippen molar-refractivity contribution in [2.45, 2.75) is 30.8 Å². The zero-order valence-electron chi connectivity index (χ0n) is 6.67. The van der Waals surface area contributed by atoms with Gasteiger partial charge in [0.25, 0.3) is 0 Å². The van der Waals surface area contributed by atoms with Gasteiger partial charge in [-0.05, 0) is 0 Å². The molecule has 5 atom stereocenters. The van der Waals surface area contributed by atoms with Gasteiger partial charge >= 0.3 is 0 Å². The van der Waals surface area contributed by atoms with E-state index >= 15 is 0 Å². The van der Waals surface area contributed by atoms with Crippen LogP contribution in [0.5, 0.6) is 0 Å². The molecule has 72 valence electrons. The van der Waals surface area contributed by atoms with Crippen LogP contribution in [0.3, 0.4) is 0 Å². The van der Waals surface area contributed by atoms with Gasteiger partial charge in [0, 0.05) is 25.0 Å². The van der Waals surface area contributed by atoms with Crippen LogP contribution in [-0.4, -0.2) is 51.4 Å². The van der Waals surface area contributed by atoms with Gasteiger partial charge in [0.15, 0.2) is 0 Å². The Morgan fingerprint density at radius 1 is 1.17 bits per heavy atom. The Morgan fingerprint density at radius 3 is 2.25 bits per heavy atom. The molecular weight excluding hydrogens is 162 g/mol. The van der Waals surface area contributed by atoms with Gasteiger partial charge < -0.3 is 26.2 Å². The lowest BCUT2D eigenvalue weighted by Crippen LogP contribution is -2.57. The van der Waals surface area contributed by atoms with Crippen LogP contribution in [0.4, 0.5) is 0 Å². The van der Waals surface area contributed by atoms with E-state index < -0.39 is 30.3 Å². The molecule has 0 aromatic carbocycles. The lowest BCUT2D eigenvalue weighted by molar-refractivity contribution is -0.0992. The fourth-order valence-corrected chi connectivity index (χ4v) is 1.57. The minimum Gasteiger partial charge on any atom is -0.396 e. The fourth-order valence-electron chi connectivity index (χ4n) is 1.57. The summed E-state index contributed by atoms with van der Waals surface area (Å²) in [6.07, 6.45) is -2.80. The molecule has 1 rings (SSSR count). The monoisotopic (exact) mass is 177 g/mol. The molecule has 1 saturated carbocycles. The minimum absolute atomic E-state index is 0.0695. The topological polar surface area (TPSA) is 107 Å². The molecule has 5 heteroatoms. The number of hydrogen-bond acceptors (Lipinski definition) is 5. The van der Waals surface area contributed by atoms with Crippen LogP contribution < -0.4 is 5.73 Å². The summed E-state index contributed by atoms with van der Waals surface area (Å²) in [5, 5.41) is 36.5. The smallest absolute Gasteiger partial charge is 0.0955 e. The second-order valence-corrected chi connectivity index (χ2v) is 3.28. The van der Waals surface area contributed by atoms with Crippen LogP contribution in [0.1, 0.15) is 6.42 Å². The highest BCUT2D eigenvalue weighted by Gasteiger charge is 2.40. The average Bonchev–Trinajstić information content (AvgIpc) is 2.01. The largest absolute Gasteiger partial charge is 0.396 e. The van der Waals surface area contributed by atoms with Gasteiger partial charge in [-0.2, -0.15) is 0 Å². The molecule has 0 bridgehead atoms. The van der Waals surface area contributed by atoms with Gasteiger partial charge in [-0.3, -0.25) is 0 Å². The molecular formula is C7H15NO4. The first-order chi connectivity index (χ1) is 5.57. The third kappa shape index (κ3) is 1.60. The van der Waals surface area contributed by atoms with Crippen molar-refractivity contribution in [2.75, 3.05) is 6.61 Å².